The van der Waals surface area contributed by atoms with Crippen LogP contribution in [-0.2, 0) is 0 Å². The second kappa shape index (κ2) is 8.05. The number of hydrogen-bond donors (Lipinski definition) is 1. The zero-order valence-electron chi connectivity index (χ0n) is 12.9. The van der Waals surface area contributed by atoms with Crippen molar-refractivity contribution < 1.29 is 9.72 Å². The van der Waals surface area contributed by atoms with Crippen LogP contribution in [0.4, 0.5) is 11.4 Å². The maximum Gasteiger partial charge on any atom is 0.269 e. The highest BCUT2D eigenvalue weighted by Crippen LogP contribution is 2.21. The number of nitrogens with one attached hydrogen (secondary N) is 1. The van der Waals surface area contributed by atoms with Crippen molar-refractivity contribution in [3.8, 4) is 0 Å². The first-order chi connectivity index (χ1) is 11.1. The van der Waals surface area contributed by atoms with Gasteiger partial charge in [0, 0.05) is 29.9 Å². The van der Waals surface area contributed by atoms with E-state index in [1.54, 1.807) is 29.2 Å². The van der Waals surface area contributed by atoms with E-state index in [4.69, 9.17) is 0 Å². The number of carbonyl (C=O) groups excluding carboxylic acids is 1. The molecule has 0 aromatic heterocycles. The number of carbonyl (C=O) groups is 1. The highest BCUT2D eigenvalue weighted by atomic mass is 16.6. The van der Waals surface area contributed by atoms with Crippen molar-refractivity contribution in [3.05, 3.63) is 70.3 Å². The Hall–Kier alpha value is -2.73. The molecule has 0 saturated carbocycles. The minimum atomic E-state index is -0.450. The van der Waals surface area contributed by atoms with Gasteiger partial charge >= 0.3 is 0 Å². The second-order valence-corrected chi connectivity index (χ2v) is 5.05. The molecule has 2 aromatic rings. The quantitative estimate of drug-likeness (QED) is 0.484. The van der Waals surface area contributed by atoms with Gasteiger partial charge in [0.15, 0.2) is 0 Å². The molecule has 2 aromatic carbocycles. The van der Waals surface area contributed by atoms with Crippen LogP contribution in [0.5, 0.6) is 0 Å². The number of nitrogens with zero attached hydrogens (tertiary/aromatic N) is 2. The van der Waals surface area contributed by atoms with Crippen LogP contribution in [0, 0.1) is 10.1 Å². The van der Waals surface area contributed by atoms with Gasteiger partial charge in [0.25, 0.3) is 11.6 Å². The number of anilines is 1. The number of benzene rings is 2. The van der Waals surface area contributed by atoms with E-state index in [-0.39, 0.29) is 11.6 Å². The minimum absolute atomic E-state index is 0.0103. The lowest BCUT2D eigenvalue weighted by Crippen LogP contribution is -2.33. The summed E-state index contributed by atoms with van der Waals surface area (Å²) in [5.74, 6) is -0.115. The highest BCUT2D eigenvalue weighted by Gasteiger charge is 2.18. The first-order valence-electron chi connectivity index (χ1n) is 7.39. The molecule has 120 valence electrons. The van der Waals surface area contributed by atoms with E-state index in [9.17, 15) is 14.9 Å². The molecule has 6 heteroatoms. The summed E-state index contributed by atoms with van der Waals surface area (Å²) in [7, 11) is 1.86. The third kappa shape index (κ3) is 4.37. The van der Waals surface area contributed by atoms with E-state index in [1.807, 2.05) is 25.2 Å². The molecule has 1 N–H and O–H groups in total. The van der Waals surface area contributed by atoms with Crippen molar-refractivity contribution in [1.29, 1.82) is 0 Å². The van der Waals surface area contributed by atoms with E-state index < -0.39 is 4.92 Å². The smallest absolute Gasteiger partial charge is 0.269 e. The average Bonchev–Trinajstić information content (AvgIpc) is 2.59. The molecule has 0 aliphatic rings. The highest BCUT2D eigenvalue weighted by molar-refractivity contribution is 6.06. The zero-order chi connectivity index (χ0) is 16.7. The molecule has 0 aliphatic heterocycles. The number of amides is 1. The maximum absolute atomic E-state index is 12.7. The van der Waals surface area contributed by atoms with E-state index >= 15 is 0 Å². The SMILES string of the molecule is CNCCCN(C(=O)c1ccccc1)c1ccc([N+](=O)[O-])cc1. The summed E-state index contributed by atoms with van der Waals surface area (Å²) < 4.78 is 0. The number of rotatable bonds is 7. The van der Waals surface area contributed by atoms with E-state index in [0.29, 0.717) is 17.8 Å². The summed E-state index contributed by atoms with van der Waals surface area (Å²) in [5, 5.41) is 13.8. The molecule has 2 rings (SSSR count). The summed E-state index contributed by atoms with van der Waals surface area (Å²) in [4.78, 5) is 24.7. The molecule has 0 radical (unpaired) electrons. The predicted octanol–water partition coefficient (Wildman–Crippen LogP) is 2.85. The van der Waals surface area contributed by atoms with Gasteiger partial charge in [0.1, 0.15) is 0 Å². The molecule has 1 amide bonds. The van der Waals surface area contributed by atoms with Crippen LogP contribution in [0.3, 0.4) is 0 Å². The lowest BCUT2D eigenvalue weighted by atomic mass is 10.1. The van der Waals surface area contributed by atoms with Gasteiger partial charge in [-0.1, -0.05) is 18.2 Å². The molecule has 0 saturated heterocycles. The van der Waals surface area contributed by atoms with Gasteiger partial charge in [-0.25, -0.2) is 0 Å². The van der Waals surface area contributed by atoms with Crippen molar-refractivity contribution in [2.45, 2.75) is 6.42 Å². The molecule has 0 atom stereocenters. The lowest BCUT2D eigenvalue weighted by molar-refractivity contribution is -0.384. The van der Waals surface area contributed by atoms with Gasteiger partial charge in [0.05, 0.1) is 4.92 Å². The number of non-ortho nitro benzene ring substituents is 1. The molecule has 23 heavy (non-hydrogen) atoms. The van der Waals surface area contributed by atoms with E-state index in [2.05, 4.69) is 5.32 Å². The summed E-state index contributed by atoms with van der Waals surface area (Å²) in [6, 6.07) is 15.1. The molecule has 6 nitrogen and oxygen atoms in total. The maximum atomic E-state index is 12.7. The van der Waals surface area contributed by atoms with Crippen molar-refractivity contribution in [2.75, 3.05) is 25.0 Å². The average molecular weight is 313 g/mol. The summed E-state index contributed by atoms with van der Waals surface area (Å²) in [5.41, 5.74) is 1.26. The van der Waals surface area contributed by atoms with Crippen molar-refractivity contribution in [2.24, 2.45) is 0 Å². The molecule has 0 unspecified atom stereocenters. The fourth-order valence-corrected chi connectivity index (χ4v) is 2.25. The topological polar surface area (TPSA) is 75.5 Å². The zero-order valence-corrected chi connectivity index (χ0v) is 12.9. The van der Waals surface area contributed by atoms with Gasteiger partial charge in [0.2, 0.25) is 0 Å². The Bertz CT molecular complexity index is 657. The Labute approximate surface area is 134 Å². The first kappa shape index (κ1) is 16.6. The summed E-state index contributed by atoms with van der Waals surface area (Å²) in [6.07, 6.45) is 0.784. The monoisotopic (exact) mass is 313 g/mol. The first-order valence-corrected chi connectivity index (χ1v) is 7.39. The molecular formula is C17H19N3O3. The van der Waals surface area contributed by atoms with Gasteiger partial charge < -0.3 is 10.2 Å². The largest absolute Gasteiger partial charge is 0.320 e. The van der Waals surface area contributed by atoms with Crippen molar-refractivity contribution in [3.63, 3.8) is 0 Å². The van der Waals surface area contributed by atoms with Gasteiger partial charge in [-0.15, -0.1) is 0 Å². The van der Waals surface area contributed by atoms with Crippen LogP contribution in [-0.4, -0.2) is 31.0 Å². The van der Waals surface area contributed by atoms with Gasteiger partial charge in [-0.05, 0) is 44.3 Å². The van der Waals surface area contributed by atoms with Crippen molar-refractivity contribution in [1.82, 2.24) is 5.32 Å². The molecule has 0 heterocycles. The van der Waals surface area contributed by atoms with Crippen LogP contribution in [0.1, 0.15) is 16.8 Å². The van der Waals surface area contributed by atoms with Crippen LogP contribution < -0.4 is 10.2 Å². The Morgan fingerprint density at radius 2 is 1.78 bits per heavy atom. The Kier molecular flexibility index (Phi) is 5.82. The standard InChI is InChI=1S/C17H19N3O3/c1-18-12-5-13-19(17(21)14-6-3-2-4-7-14)15-8-10-16(11-9-15)20(22)23/h2-4,6-11,18H,5,12-13H2,1H3. The predicted molar refractivity (Wildman–Crippen MR) is 89.8 cm³/mol. The fourth-order valence-electron chi connectivity index (χ4n) is 2.25. The van der Waals surface area contributed by atoms with Gasteiger partial charge in [-0.3, -0.25) is 14.9 Å². The summed E-state index contributed by atoms with van der Waals surface area (Å²) >= 11 is 0. The van der Waals surface area contributed by atoms with Crippen LogP contribution in [0.2, 0.25) is 0 Å². The van der Waals surface area contributed by atoms with Crippen molar-refractivity contribution >= 4 is 17.3 Å². The molecule has 0 bridgehead atoms. The molecule has 0 spiro atoms. The van der Waals surface area contributed by atoms with E-state index in [1.165, 1.54) is 12.1 Å². The van der Waals surface area contributed by atoms with Crippen LogP contribution in [0.15, 0.2) is 54.6 Å². The Balaban J connectivity index is 2.26. The third-order valence-electron chi connectivity index (χ3n) is 3.45. The van der Waals surface area contributed by atoms with Crippen LogP contribution >= 0.6 is 0 Å². The fraction of sp³-hybridized carbons (Fsp3) is 0.235. The molecule has 0 aliphatic carbocycles. The van der Waals surface area contributed by atoms with Gasteiger partial charge in [-0.2, -0.15) is 0 Å². The second-order valence-electron chi connectivity index (χ2n) is 5.05. The number of hydrogen-bond acceptors (Lipinski definition) is 4. The number of nitro groups is 1. The lowest BCUT2D eigenvalue weighted by Gasteiger charge is -2.23. The Morgan fingerprint density at radius 1 is 1.13 bits per heavy atom. The number of nitro benzene ring substituents is 1. The Morgan fingerprint density at radius 3 is 2.35 bits per heavy atom. The summed E-state index contributed by atoms with van der Waals surface area (Å²) in [6.45, 7) is 1.32. The molecular weight excluding hydrogens is 294 g/mol. The molecule has 0 fully saturated rings. The third-order valence-corrected chi connectivity index (χ3v) is 3.45. The van der Waals surface area contributed by atoms with Crippen LogP contribution in [0.25, 0.3) is 0 Å². The minimum Gasteiger partial charge on any atom is -0.320 e. The van der Waals surface area contributed by atoms with E-state index in [0.717, 1.165) is 13.0 Å². The normalized spacial score (nSPS) is 10.3.